The van der Waals surface area contributed by atoms with Gasteiger partial charge in [0.15, 0.2) is 10.8 Å². The highest BCUT2D eigenvalue weighted by Crippen LogP contribution is 2.36. The second kappa shape index (κ2) is 9.16. The minimum atomic E-state index is -0.444. The smallest absolute Gasteiger partial charge is 0.352 e. The molecule has 172 valence electrons. The Morgan fingerprint density at radius 2 is 2.00 bits per heavy atom. The summed E-state index contributed by atoms with van der Waals surface area (Å²) in [7, 11) is 0. The zero-order valence-corrected chi connectivity index (χ0v) is 19.4. The van der Waals surface area contributed by atoms with Gasteiger partial charge in [0, 0.05) is 19.2 Å². The lowest BCUT2D eigenvalue weighted by Crippen LogP contribution is -2.31. The number of nitrogens with zero attached hydrogens (tertiary/aromatic N) is 7. The highest BCUT2D eigenvalue weighted by Gasteiger charge is 2.33. The molecule has 3 aromatic heterocycles. The fraction of sp³-hybridized carbons (Fsp3) is 0.579. The Morgan fingerprint density at radius 1 is 1.28 bits per heavy atom. The van der Waals surface area contributed by atoms with E-state index in [-0.39, 0.29) is 46.9 Å². The molecule has 0 aliphatic carbocycles. The third-order valence-electron chi connectivity index (χ3n) is 5.46. The summed E-state index contributed by atoms with van der Waals surface area (Å²) in [5.74, 6) is 0.0213. The molecule has 13 heteroatoms. The summed E-state index contributed by atoms with van der Waals surface area (Å²) in [6.07, 6.45) is 3.61. The van der Waals surface area contributed by atoms with Crippen molar-refractivity contribution in [3.05, 3.63) is 32.4 Å². The van der Waals surface area contributed by atoms with Crippen LogP contribution in [0.4, 0.5) is 5.69 Å². The van der Waals surface area contributed by atoms with Crippen LogP contribution in [0.1, 0.15) is 44.8 Å². The van der Waals surface area contributed by atoms with E-state index in [1.165, 1.54) is 6.20 Å². The Hall–Kier alpha value is -2.50. The zero-order chi connectivity index (χ0) is 23.0. The zero-order valence-electron chi connectivity index (χ0n) is 17.9. The van der Waals surface area contributed by atoms with Crippen molar-refractivity contribution >= 4 is 39.9 Å². The molecule has 0 aromatic carbocycles. The molecule has 0 amide bonds. The van der Waals surface area contributed by atoms with Crippen LogP contribution in [0.3, 0.4) is 0 Å². The first kappa shape index (κ1) is 22.7. The Morgan fingerprint density at radius 3 is 2.69 bits per heavy atom. The topological polar surface area (TPSA) is 123 Å². The lowest BCUT2D eigenvalue weighted by Gasteiger charge is -2.32. The van der Waals surface area contributed by atoms with E-state index in [2.05, 4.69) is 20.2 Å². The van der Waals surface area contributed by atoms with E-state index in [9.17, 15) is 10.1 Å². The molecule has 1 saturated heterocycles. The Labute approximate surface area is 193 Å². The van der Waals surface area contributed by atoms with E-state index in [0.717, 1.165) is 12.8 Å². The average molecular weight is 484 g/mol. The molecule has 4 heterocycles. The maximum absolute atomic E-state index is 11.7. The van der Waals surface area contributed by atoms with Crippen molar-refractivity contribution in [2.24, 2.45) is 0 Å². The van der Waals surface area contributed by atoms with Gasteiger partial charge < -0.3 is 9.47 Å². The largest absolute Gasteiger partial charge is 0.472 e. The van der Waals surface area contributed by atoms with Crippen LogP contribution in [0.25, 0.3) is 11.0 Å². The van der Waals surface area contributed by atoms with Crippen molar-refractivity contribution in [2.75, 3.05) is 6.61 Å². The Balaban J connectivity index is 1.46. The number of halogens is 2. The van der Waals surface area contributed by atoms with Crippen molar-refractivity contribution in [3.63, 3.8) is 0 Å². The van der Waals surface area contributed by atoms with Crippen LogP contribution >= 0.6 is 23.2 Å². The summed E-state index contributed by atoms with van der Waals surface area (Å²) in [5, 5.41) is 21.4. The summed E-state index contributed by atoms with van der Waals surface area (Å²) >= 11 is 12.0. The molecule has 1 aliphatic rings. The van der Waals surface area contributed by atoms with E-state index in [1.807, 2.05) is 13.8 Å². The van der Waals surface area contributed by atoms with Gasteiger partial charge in [0.25, 0.3) is 0 Å². The average Bonchev–Trinajstić information content (AvgIpc) is 3.21. The van der Waals surface area contributed by atoms with Crippen LogP contribution in [-0.2, 0) is 11.3 Å². The van der Waals surface area contributed by atoms with Gasteiger partial charge in [0.2, 0.25) is 5.28 Å². The van der Waals surface area contributed by atoms with Crippen LogP contribution < -0.4 is 4.74 Å². The lowest BCUT2D eigenvalue weighted by molar-refractivity contribution is -0.386. The first-order chi connectivity index (χ1) is 15.2. The van der Waals surface area contributed by atoms with Crippen molar-refractivity contribution < 1.29 is 14.4 Å². The molecule has 3 atom stereocenters. The molecule has 4 rings (SSSR count). The molecular weight excluding hydrogens is 461 g/mol. The SMILES string of the molecule is Cc1c([N+](=O)[O-])c(OCCCn2nc(Cl)c3cnc(Cl)nc32)nn1C1C[C@@H](C)O[C@@H](C)C1. The number of fused-ring (bicyclic) bond motifs is 1. The molecule has 3 aromatic rings. The molecule has 0 N–H and O–H groups in total. The van der Waals surface area contributed by atoms with Gasteiger partial charge in [-0.2, -0.15) is 10.1 Å². The van der Waals surface area contributed by atoms with Gasteiger partial charge in [-0.3, -0.25) is 14.8 Å². The summed E-state index contributed by atoms with van der Waals surface area (Å²) in [6.45, 7) is 6.33. The monoisotopic (exact) mass is 483 g/mol. The molecule has 32 heavy (non-hydrogen) atoms. The quantitative estimate of drug-likeness (QED) is 0.212. The molecule has 0 bridgehead atoms. The molecule has 0 radical (unpaired) electrons. The number of hydrogen-bond acceptors (Lipinski definition) is 8. The molecule has 0 saturated carbocycles. The van der Waals surface area contributed by atoms with E-state index in [0.29, 0.717) is 29.7 Å². The van der Waals surface area contributed by atoms with Crippen LogP contribution in [0, 0.1) is 17.0 Å². The summed E-state index contributed by atoms with van der Waals surface area (Å²) in [6, 6.07) is 0.0202. The highest BCUT2D eigenvalue weighted by atomic mass is 35.5. The van der Waals surface area contributed by atoms with Gasteiger partial charge in [-0.15, -0.1) is 5.10 Å². The van der Waals surface area contributed by atoms with Crippen molar-refractivity contribution in [1.29, 1.82) is 0 Å². The number of rotatable bonds is 7. The van der Waals surface area contributed by atoms with Gasteiger partial charge in [0.05, 0.1) is 35.2 Å². The third kappa shape index (κ3) is 4.50. The highest BCUT2D eigenvalue weighted by molar-refractivity contribution is 6.34. The number of aryl methyl sites for hydroxylation is 1. The van der Waals surface area contributed by atoms with Crippen molar-refractivity contribution in [2.45, 2.75) is 64.8 Å². The third-order valence-corrected chi connectivity index (χ3v) is 5.92. The van der Waals surface area contributed by atoms with Crippen molar-refractivity contribution in [3.8, 4) is 5.88 Å². The first-order valence-electron chi connectivity index (χ1n) is 10.3. The number of aromatic nitrogens is 6. The molecule has 0 spiro atoms. The van der Waals surface area contributed by atoms with Gasteiger partial charge in [-0.25, -0.2) is 9.67 Å². The van der Waals surface area contributed by atoms with Crippen LogP contribution in [0.2, 0.25) is 10.4 Å². The first-order valence-corrected chi connectivity index (χ1v) is 11.1. The van der Waals surface area contributed by atoms with Crippen LogP contribution in [0.15, 0.2) is 6.20 Å². The minimum Gasteiger partial charge on any atom is -0.472 e. The van der Waals surface area contributed by atoms with E-state index >= 15 is 0 Å². The minimum absolute atomic E-state index is 0.0202. The number of hydrogen-bond donors (Lipinski definition) is 0. The predicted octanol–water partition coefficient (Wildman–Crippen LogP) is 4.14. The van der Waals surface area contributed by atoms with Gasteiger partial charge in [-0.05, 0) is 45.2 Å². The lowest BCUT2D eigenvalue weighted by atomic mass is 10.00. The van der Waals surface area contributed by atoms with E-state index in [1.54, 1.807) is 16.3 Å². The molecule has 1 aliphatic heterocycles. The molecular formula is C19H23Cl2N7O4. The maximum atomic E-state index is 11.7. The predicted molar refractivity (Wildman–Crippen MR) is 117 cm³/mol. The standard InChI is InChI=1S/C19H23Cl2N7O4/c1-10-7-13(8-11(2)32-10)27-12(3)15(28(29)30)18(25-27)31-6-4-5-26-17-14(16(20)24-26)9-22-19(21)23-17/h9-11,13H,4-8H2,1-3H3/t10-,11+,13?. The van der Waals surface area contributed by atoms with Gasteiger partial charge >= 0.3 is 11.6 Å². The Kier molecular flexibility index (Phi) is 6.50. The summed E-state index contributed by atoms with van der Waals surface area (Å²) in [4.78, 5) is 19.3. The second-order valence-electron chi connectivity index (χ2n) is 7.92. The van der Waals surface area contributed by atoms with E-state index in [4.69, 9.17) is 32.7 Å². The number of ether oxygens (including phenoxy) is 2. The summed E-state index contributed by atoms with van der Waals surface area (Å²) in [5.41, 5.74) is 0.889. The van der Waals surface area contributed by atoms with Crippen molar-refractivity contribution in [1.82, 2.24) is 29.5 Å². The van der Waals surface area contributed by atoms with E-state index < -0.39 is 4.92 Å². The second-order valence-corrected chi connectivity index (χ2v) is 8.61. The summed E-state index contributed by atoms with van der Waals surface area (Å²) < 4.78 is 14.8. The normalized spacial score (nSPS) is 21.2. The Bertz CT molecular complexity index is 1140. The van der Waals surface area contributed by atoms with Crippen LogP contribution in [-0.4, -0.2) is 53.3 Å². The van der Waals surface area contributed by atoms with Crippen LogP contribution in [0.5, 0.6) is 5.88 Å². The maximum Gasteiger partial charge on any atom is 0.352 e. The molecule has 1 fully saturated rings. The van der Waals surface area contributed by atoms with Gasteiger partial charge in [-0.1, -0.05) is 11.6 Å². The molecule has 1 unspecified atom stereocenters. The fourth-order valence-electron chi connectivity index (χ4n) is 4.16. The van der Waals surface area contributed by atoms with Gasteiger partial charge in [0.1, 0.15) is 5.69 Å². The number of nitro groups is 1. The fourth-order valence-corrected chi connectivity index (χ4v) is 4.51. The molecule has 11 nitrogen and oxygen atoms in total.